The molecule has 0 unspecified atom stereocenters. The summed E-state index contributed by atoms with van der Waals surface area (Å²) >= 11 is 0. The van der Waals surface area contributed by atoms with Gasteiger partial charge in [0.15, 0.2) is 9.84 Å². The zero-order valence-electron chi connectivity index (χ0n) is 11.4. The number of rotatable bonds is 5. The molecule has 0 radical (unpaired) electrons. The molecule has 6 heteroatoms. The van der Waals surface area contributed by atoms with E-state index in [-0.39, 0.29) is 37.0 Å². The lowest BCUT2D eigenvalue weighted by Crippen LogP contribution is -2.57. The van der Waals surface area contributed by atoms with Gasteiger partial charge in [-0.05, 0) is 18.1 Å². The molecule has 0 atom stereocenters. The van der Waals surface area contributed by atoms with Crippen molar-refractivity contribution in [3.8, 4) is 0 Å². The molecule has 0 saturated carbocycles. The van der Waals surface area contributed by atoms with Crippen molar-refractivity contribution in [2.75, 3.05) is 18.8 Å². The molecule has 0 bridgehead atoms. The standard InChI is InChI=1S/C14H18FNO3S/c1-2-20(18,19)12-9-16(10-12)14(17)8-7-11-5-3-4-6-13(11)15/h3-6,12H,2,7-10H2,1H3. The molecule has 4 nitrogen and oxygen atoms in total. The molecule has 1 heterocycles. The molecular formula is C14H18FNO3S. The number of hydrogen-bond acceptors (Lipinski definition) is 3. The smallest absolute Gasteiger partial charge is 0.222 e. The molecule has 0 aromatic heterocycles. The van der Waals surface area contributed by atoms with E-state index in [0.29, 0.717) is 12.0 Å². The maximum Gasteiger partial charge on any atom is 0.222 e. The number of sulfone groups is 1. The molecule has 1 aromatic rings. The minimum Gasteiger partial charge on any atom is -0.340 e. The predicted octanol–water partition coefficient (Wildman–Crippen LogP) is 1.40. The monoisotopic (exact) mass is 299 g/mol. The zero-order chi connectivity index (χ0) is 14.8. The topological polar surface area (TPSA) is 54.5 Å². The Morgan fingerprint density at radius 1 is 1.35 bits per heavy atom. The Kier molecular flexibility index (Phi) is 4.42. The average molecular weight is 299 g/mol. The fraction of sp³-hybridized carbons (Fsp3) is 0.500. The van der Waals surface area contributed by atoms with Crippen LogP contribution in [0.15, 0.2) is 24.3 Å². The molecule has 1 aliphatic heterocycles. The average Bonchev–Trinajstić information content (AvgIpc) is 2.35. The first-order valence-corrected chi connectivity index (χ1v) is 8.38. The number of carbonyl (C=O) groups is 1. The highest BCUT2D eigenvalue weighted by Crippen LogP contribution is 2.19. The summed E-state index contributed by atoms with van der Waals surface area (Å²) in [6, 6.07) is 6.36. The van der Waals surface area contributed by atoms with Gasteiger partial charge in [0, 0.05) is 25.3 Å². The van der Waals surface area contributed by atoms with Crippen molar-refractivity contribution in [1.82, 2.24) is 4.90 Å². The third kappa shape index (κ3) is 3.17. The SMILES string of the molecule is CCS(=O)(=O)C1CN(C(=O)CCc2ccccc2F)C1. The fourth-order valence-electron chi connectivity index (χ4n) is 2.21. The van der Waals surface area contributed by atoms with Crippen molar-refractivity contribution in [2.45, 2.75) is 25.0 Å². The third-order valence-electron chi connectivity index (χ3n) is 3.68. The number of nitrogens with zero attached hydrogens (tertiary/aromatic N) is 1. The van der Waals surface area contributed by atoms with Gasteiger partial charge < -0.3 is 4.90 Å². The molecule has 20 heavy (non-hydrogen) atoms. The van der Waals surface area contributed by atoms with Gasteiger partial charge in [0.05, 0.1) is 5.25 Å². The highest BCUT2D eigenvalue weighted by Gasteiger charge is 2.38. The van der Waals surface area contributed by atoms with Gasteiger partial charge in [0.2, 0.25) is 5.91 Å². The summed E-state index contributed by atoms with van der Waals surface area (Å²) in [4.78, 5) is 13.4. The highest BCUT2D eigenvalue weighted by atomic mass is 32.2. The zero-order valence-corrected chi connectivity index (χ0v) is 12.2. The molecule has 1 amide bonds. The van der Waals surface area contributed by atoms with Crippen molar-refractivity contribution in [1.29, 1.82) is 0 Å². The summed E-state index contributed by atoms with van der Waals surface area (Å²) in [6.07, 6.45) is 0.549. The third-order valence-corrected chi connectivity index (χ3v) is 5.80. The first-order chi connectivity index (χ1) is 9.44. The summed E-state index contributed by atoms with van der Waals surface area (Å²) < 4.78 is 36.6. The second-order valence-electron chi connectivity index (χ2n) is 4.96. The Morgan fingerprint density at radius 3 is 2.60 bits per heavy atom. The van der Waals surface area contributed by atoms with E-state index in [1.807, 2.05) is 0 Å². The van der Waals surface area contributed by atoms with Crippen molar-refractivity contribution in [3.63, 3.8) is 0 Å². The maximum atomic E-state index is 13.4. The number of carbonyl (C=O) groups excluding carboxylic acids is 1. The van der Waals surface area contributed by atoms with Crippen molar-refractivity contribution in [2.24, 2.45) is 0 Å². The molecule has 1 aliphatic rings. The molecule has 0 aliphatic carbocycles. The maximum absolute atomic E-state index is 13.4. The number of halogens is 1. The van der Waals surface area contributed by atoms with E-state index in [1.54, 1.807) is 25.1 Å². The summed E-state index contributed by atoms with van der Waals surface area (Å²) in [6.45, 7) is 2.15. The lowest BCUT2D eigenvalue weighted by Gasteiger charge is -2.38. The van der Waals surface area contributed by atoms with Crippen molar-refractivity contribution >= 4 is 15.7 Å². The van der Waals surface area contributed by atoms with Crippen LogP contribution in [-0.4, -0.2) is 43.3 Å². The van der Waals surface area contributed by atoms with E-state index in [1.165, 1.54) is 11.0 Å². The van der Waals surface area contributed by atoms with Gasteiger partial charge in [0.25, 0.3) is 0 Å². The summed E-state index contributed by atoms with van der Waals surface area (Å²) in [7, 11) is -3.06. The van der Waals surface area contributed by atoms with Crippen LogP contribution < -0.4 is 0 Å². The lowest BCUT2D eigenvalue weighted by atomic mass is 10.1. The Hall–Kier alpha value is -1.43. The van der Waals surface area contributed by atoms with Crippen LogP contribution in [0.3, 0.4) is 0 Å². The number of likely N-dealkylation sites (tertiary alicyclic amines) is 1. The normalized spacial score (nSPS) is 16.0. The Balaban J connectivity index is 1.82. The number of benzene rings is 1. The van der Waals surface area contributed by atoms with E-state index in [2.05, 4.69) is 0 Å². The van der Waals surface area contributed by atoms with Gasteiger partial charge in [-0.1, -0.05) is 25.1 Å². The number of amides is 1. The molecule has 0 spiro atoms. The number of aryl methyl sites for hydroxylation is 1. The molecular weight excluding hydrogens is 281 g/mol. The molecule has 0 N–H and O–H groups in total. The van der Waals surface area contributed by atoms with Crippen molar-refractivity contribution in [3.05, 3.63) is 35.6 Å². The van der Waals surface area contributed by atoms with Crippen LogP contribution in [0.5, 0.6) is 0 Å². The minimum absolute atomic E-state index is 0.106. The highest BCUT2D eigenvalue weighted by molar-refractivity contribution is 7.92. The van der Waals surface area contributed by atoms with Crippen LogP contribution >= 0.6 is 0 Å². The molecule has 1 aromatic carbocycles. The first kappa shape index (κ1) is 15.0. The van der Waals surface area contributed by atoms with Gasteiger partial charge in [-0.3, -0.25) is 4.79 Å². The molecule has 1 saturated heterocycles. The Labute approximate surface area is 118 Å². The second-order valence-corrected chi connectivity index (χ2v) is 7.53. The lowest BCUT2D eigenvalue weighted by molar-refractivity contribution is -0.134. The van der Waals surface area contributed by atoms with Crippen LogP contribution in [0.2, 0.25) is 0 Å². The summed E-state index contributed by atoms with van der Waals surface area (Å²) in [5, 5.41) is -0.426. The first-order valence-electron chi connectivity index (χ1n) is 6.66. The quantitative estimate of drug-likeness (QED) is 0.826. The van der Waals surface area contributed by atoms with E-state index >= 15 is 0 Å². The van der Waals surface area contributed by atoms with Crippen LogP contribution in [0.1, 0.15) is 18.9 Å². The number of hydrogen-bond donors (Lipinski definition) is 0. The fourth-order valence-corrected chi connectivity index (χ4v) is 3.49. The van der Waals surface area contributed by atoms with Crippen LogP contribution in [0.25, 0.3) is 0 Å². The Bertz CT molecular complexity index is 594. The minimum atomic E-state index is -3.06. The summed E-state index contributed by atoms with van der Waals surface area (Å²) in [5.41, 5.74) is 0.513. The van der Waals surface area contributed by atoms with Crippen LogP contribution in [-0.2, 0) is 21.1 Å². The van der Waals surface area contributed by atoms with E-state index in [0.717, 1.165) is 0 Å². The second kappa shape index (κ2) is 5.91. The molecule has 2 rings (SSSR count). The molecule has 110 valence electrons. The van der Waals surface area contributed by atoms with Crippen LogP contribution in [0.4, 0.5) is 4.39 Å². The Morgan fingerprint density at radius 2 is 2.00 bits per heavy atom. The van der Waals surface area contributed by atoms with Gasteiger partial charge in [0.1, 0.15) is 5.82 Å². The largest absolute Gasteiger partial charge is 0.340 e. The molecule has 1 fully saturated rings. The van der Waals surface area contributed by atoms with Crippen molar-refractivity contribution < 1.29 is 17.6 Å². The summed E-state index contributed by atoms with van der Waals surface area (Å²) in [5.74, 6) is -0.319. The van der Waals surface area contributed by atoms with E-state index in [9.17, 15) is 17.6 Å². The van der Waals surface area contributed by atoms with E-state index < -0.39 is 15.1 Å². The van der Waals surface area contributed by atoms with Gasteiger partial charge in [-0.2, -0.15) is 0 Å². The van der Waals surface area contributed by atoms with Crippen LogP contribution in [0, 0.1) is 5.82 Å². The van der Waals surface area contributed by atoms with Gasteiger partial charge >= 0.3 is 0 Å². The van der Waals surface area contributed by atoms with Gasteiger partial charge in [-0.25, -0.2) is 12.8 Å². The predicted molar refractivity (Wildman–Crippen MR) is 74.5 cm³/mol. The van der Waals surface area contributed by atoms with Gasteiger partial charge in [-0.15, -0.1) is 0 Å². The van der Waals surface area contributed by atoms with E-state index in [4.69, 9.17) is 0 Å².